The summed E-state index contributed by atoms with van der Waals surface area (Å²) >= 11 is 0. The van der Waals surface area contributed by atoms with Crippen LogP contribution in [0.25, 0.3) is 0 Å². The monoisotopic (exact) mass is 326 g/mol. The van der Waals surface area contributed by atoms with Crippen molar-refractivity contribution in [3.63, 3.8) is 0 Å². The van der Waals surface area contributed by atoms with E-state index in [1.807, 2.05) is 61.5 Å². The van der Waals surface area contributed by atoms with Crippen LogP contribution in [-0.4, -0.2) is 38.3 Å². The number of rotatable bonds is 8. The summed E-state index contributed by atoms with van der Waals surface area (Å²) in [5.74, 6) is 0.194. The molecule has 0 radical (unpaired) electrons. The first-order chi connectivity index (χ1) is 11.6. The van der Waals surface area contributed by atoms with Gasteiger partial charge < -0.3 is 15.3 Å². The maximum absolute atomic E-state index is 12.3. The largest absolute Gasteiger partial charge is 0.396 e. The van der Waals surface area contributed by atoms with E-state index in [1.54, 1.807) is 0 Å². The van der Waals surface area contributed by atoms with Crippen LogP contribution < -0.4 is 10.2 Å². The summed E-state index contributed by atoms with van der Waals surface area (Å²) in [5, 5.41) is 12.3. The molecule has 0 aliphatic rings. The maximum Gasteiger partial charge on any atom is 0.251 e. The van der Waals surface area contributed by atoms with E-state index in [4.69, 9.17) is 0 Å². The first-order valence-corrected chi connectivity index (χ1v) is 8.33. The standard InChI is InChI=1S/C20H26N2O2/c1-22(2)19-10-6-9-18(15-19)20(24)21-13-11-17(12-14-23)16-7-4-3-5-8-16/h3-10,15,17,23H,11-14H2,1-2H3,(H,21,24)/t17-/m1/s1. The van der Waals surface area contributed by atoms with Crippen molar-refractivity contribution >= 4 is 11.6 Å². The van der Waals surface area contributed by atoms with Crippen LogP contribution in [0.3, 0.4) is 0 Å². The molecule has 1 atom stereocenters. The van der Waals surface area contributed by atoms with Crippen molar-refractivity contribution in [2.75, 3.05) is 32.1 Å². The highest BCUT2D eigenvalue weighted by Gasteiger charge is 2.12. The molecule has 0 fully saturated rings. The molecule has 4 heteroatoms. The maximum atomic E-state index is 12.3. The molecule has 2 aromatic carbocycles. The highest BCUT2D eigenvalue weighted by atomic mass is 16.3. The van der Waals surface area contributed by atoms with Gasteiger partial charge in [-0.15, -0.1) is 0 Å². The van der Waals surface area contributed by atoms with Gasteiger partial charge in [-0.3, -0.25) is 4.79 Å². The number of aliphatic hydroxyl groups is 1. The lowest BCUT2D eigenvalue weighted by Gasteiger charge is -2.17. The molecule has 128 valence electrons. The fraction of sp³-hybridized carbons (Fsp3) is 0.350. The number of carbonyl (C=O) groups excluding carboxylic acids is 1. The summed E-state index contributed by atoms with van der Waals surface area (Å²) < 4.78 is 0. The Hall–Kier alpha value is -2.33. The quantitative estimate of drug-likeness (QED) is 0.784. The van der Waals surface area contributed by atoms with Gasteiger partial charge in [0, 0.05) is 38.5 Å². The van der Waals surface area contributed by atoms with E-state index < -0.39 is 0 Å². The minimum Gasteiger partial charge on any atom is -0.396 e. The summed E-state index contributed by atoms with van der Waals surface area (Å²) in [5.41, 5.74) is 2.88. The Bertz CT molecular complexity index is 641. The zero-order valence-electron chi connectivity index (χ0n) is 14.4. The van der Waals surface area contributed by atoms with Gasteiger partial charge >= 0.3 is 0 Å². The molecule has 0 saturated carbocycles. The second-order valence-electron chi connectivity index (χ2n) is 6.11. The number of aliphatic hydroxyl groups excluding tert-OH is 1. The van der Waals surface area contributed by atoms with Crippen LogP contribution in [0.1, 0.15) is 34.7 Å². The number of carbonyl (C=O) groups is 1. The predicted molar refractivity (Wildman–Crippen MR) is 98.6 cm³/mol. The highest BCUT2D eigenvalue weighted by Crippen LogP contribution is 2.22. The van der Waals surface area contributed by atoms with Crippen molar-refractivity contribution in [3.05, 3.63) is 65.7 Å². The molecule has 0 heterocycles. The van der Waals surface area contributed by atoms with Crippen molar-refractivity contribution in [1.29, 1.82) is 0 Å². The molecule has 2 rings (SSSR count). The van der Waals surface area contributed by atoms with Crippen LogP contribution >= 0.6 is 0 Å². The van der Waals surface area contributed by atoms with Gasteiger partial charge in [0.2, 0.25) is 0 Å². The SMILES string of the molecule is CN(C)c1cccc(C(=O)NCC[C@H](CCO)c2ccccc2)c1. The van der Waals surface area contributed by atoms with Crippen LogP contribution in [0.15, 0.2) is 54.6 Å². The zero-order valence-corrected chi connectivity index (χ0v) is 14.4. The van der Waals surface area contributed by atoms with Gasteiger partial charge in [0.25, 0.3) is 5.91 Å². The Kier molecular flexibility index (Phi) is 6.82. The van der Waals surface area contributed by atoms with Gasteiger partial charge in [-0.1, -0.05) is 36.4 Å². The molecule has 1 amide bonds. The summed E-state index contributed by atoms with van der Waals surface area (Å²) in [6, 6.07) is 17.7. The number of hydrogen-bond donors (Lipinski definition) is 2. The topological polar surface area (TPSA) is 52.6 Å². The zero-order chi connectivity index (χ0) is 17.4. The van der Waals surface area contributed by atoms with Gasteiger partial charge in [-0.25, -0.2) is 0 Å². The molecule has 0 aliphatic heterocycles. The fourth-order valence-electron chi connectivity index (χ4n) is 2.75. The number of hydrogen-bond acceptors (Lipinski definition) is 3. The molecule has 0 bridgehead atoms. The van der Waals surface area contributed by atoms with E-state index in [0.29, 0.717) is 18.5 Å². The van der Waals surface area contributed by atoms with Crippen LogP contribution in [0.2, 0.25) is 0 Å². The Labute approximate surface area is 144 Å². The normalized spacial score (nSPS) is 11.8. The average Bonchev–Trinajstić information content (AvgIpc) is 2.61. The van der Waals surface area contributed by atoms with E-state index in [1.165, 1.54) is 5.56 Å². The summed E-state index contributed by atoms with van der Waals surface area (Å²) in [6.07, 6.45) is 1.51. The molecule has 2 aromatic rings. The number of nitrogens with zero attached hydrogens (tertiary/aromatic N) is 1. The molecule has 0 aliphatic carbocycles. The van der Waals surface area contributed by atoms with Gasteiger partial charge in [0.05, 0.1) is 0 Å². The number of amides is 1. The Morgan fingerprint density at radius 2 is 1.83 bits per heavy atom. The second kappa shape index (κ2) is 9.08. The summed E-state index contributed by atoms with van der Waals surface area (Å²) in [4.78, 5) is 14.3. The molecular weight excluding hydrogens is 300 g/mol. The van der Waals surface area contributed by atoms with Crippen molar-refractivity contribution in [3.8, 4) is 0 Å². The lowest BCUT2D eigenvalue weighted by molar-refractivity contribution is 0.0952. The van der Waals surface area contributed by atoms with E-state index in [9.17, 15) is 9.90 Å². The minimum atomic E-state index is -0.0606. The van der Waals surface area contributed by atoms with E-state index in [0.717, 1.165) is 12.1 Å². The Balaban J connectivity index is 1.92. The molecule has 2 N–H and O–H groups in total. The molecule has 0 spiro atoms. The van der Waals surface area contributed by atoms with Crippen LogP contribution in [0.4, 0.5) is 5.69 Å². The fourth-order valence-corrected chi connectivity index (χ4v) is 2.75. The lowest BCUT2D eigenvalue weighted by atomic mass is 9.93. The Morgan fingerprint density at radius 3 is 2.50 bits per heavy atom. The van der Waals surface area contributed by atoms with Gasteiger partial charge in [0.1, 0.15) is 0 Å². The van der Waals surface area contributed by atoms with Gasteiger partial charge in [-0.05, 0) is 42.5 Å². The van der Waals surface area contributed by atoms with E-state index in [-0.39, 0.29) is 18.4 Å². The van der Waals surface area contributed by atoms with Crippen molar-refractivity contribution in [2.45, 2.75) is 18.8 Å². The number of benzene rings is 2. The molecule has 24 heavy (non-hydrogen) atoms. The predicted octanol–water partition coefficient (Wildman–Crippen LogP) is 3.04. The van der Waals surface area contributed by atoms with E-state index in [2.05, 4.69) is 17.4 Å². The third-order valence-electron chi connectivity index (χ3n) is 4.15. The molecule has 4 nitrogen and oxygen atoms in total. The van der Waals surface area contributed by atoms with Gasteiger partial charge in [-0.2, -0.15) is 0 Å². The second-order valence-corrected chi connectivity index (χ2v) is 6.11. The summed E-state index contributed by atoms with van der Waals surface area (Å²) in [6.45, 7) is 0.739. The van der Waals surface area contributed by atoms with Crippen molar-refractivity contribution < 1.29 is 9.90 Å². The van der Waals surface area contributed by atoms with Crippen LogP contribution in [0, 0.1) is 0 Å². The average molecular weight is 326 g/mol. The Morgan fingerprint density at radius 1 is 1.08 bits per heavy atom. The number of nitrogens with one attached hydrogen (secondary N) is 1. The first kappa shape index (κ1) is 18.0. The smallest absolute Gasteiger partial charge is 0.251 e. The van der Waals surface area contributed by atoms with Gasteiger partial charge in [0.15, 0.2) is 0 Å². The van der Waals surface area contributed by atoms with E-state index >= 15 is 0 Å². The van der Waals surface area contributed by atoms with Crippen molar-refractivity contribution in [2.24, 2.45) is 0 Å². The third-order valence-corrected chi connectivity index (χ3v) is 4.15. The molecule has 0 aromatic heterocycles. The van der Waals surface area contributed by atoms with Crippen LogP contribution in [-0.2, 0) is 0 Å². The first-order valence-electron chi connectivity index (χ1n) is 8.33. The minimum absolute atomic E-state index is 0.0606. The van der Waals surface area contributed by atoms with Crippen LogP contribution in [0.5, 0.6) is 0 Å². The summed E-state index contributed by atoms with van der Waals surface area (Å²) in [7, 11) is 3.91. The lowest BCUT2D eigenvalue weighted by Crippen LogP contribution is -2.26. The molecular formula is C20H26N2O2. The third kappa shape index (κ3) is 5.10. The molecule has 0 saturated heterocycles. The molecule has 0 unspecified atom stereocenters. The number of anilines is 1. The highest BCUT2D eigenvalue weighted by molar-refractivity contribution is 5.95. The van der Waals surface area contributed by atoms with Crippen molar-refractivity contribution in [1.82, 2.24) is 5.32 Å².